The van der Waals surface area contributed by atoms with Crippen LogP contribution in [-0.4, -0.2) is 4.98 Å². The lowest BCUT2D eigenvalue weighted by atomic mass is 10.2. The normalized spacial score (nSPS) is 10.5. The van der Waals surface area contributed by atoms with Gasteiger partial charge in [0.25, 0.3) is 0 Å². The zero-order valence-corrected chi connectivity index (χ0v) is 8.87. The number of halogens is 4. The molecular formula is C9H11ClF3N. The molecule has 1 aromatic rings. The second-order valence-electron chi connectivity index (χ2n) is 2.35. The van der Waals surface area contributed by atoms with Gasteiger partial charge in [-0.15, -0.1) is 0 Å². The molecule has 5 heteroatoms. The summed E-state index contributed by atoms with van der Waals surface area (Å²) in [5, 5.41) is -0.137. The van der Waals surface area contributed by atoms with E-state index in [0.29, 0.717) is 5.56 Å². The molecule has 0 bridgehead atoms. The molecule has 1 heterocycles. The van der Waals surface area contributed by atoms with Crippen LogP contribution in [0.2, 0.25) is 5.15 Å². The van der Waals surface area contributed by atoms with Gasteiger partial charge in [0.1, 0.15) is 10.8 Å². The number of hydrogen-bond donors (Lipinski definition) is 0. The van der Waals surface area contributed by atoms with Crippen LogP contribution in [0.5, 0.6) is 0 Å². The van der Waals surface area contributed by atoms with E-state index >= 15 is 0 Å². The Morgan fingerprint density at radius 1 is 1.21 bits per heavy atom. The van der Waals surface area contributed by atoms with E-state index in [1.165, 1.54) is 13.0 Å². The van der Waals surface area contributed by atoms with Gasteiger partial charge in [0, 0.05) is 0 Å². The summed E-state index contributed by atoms with van der Waals surface area (Å²) in [6.45, 7) is 5.53. The van der Waals surface area contributed by atoms with Gasteiger partial charge < -0.3 is 0 Å². The minimum absolute atomic E-state index is 0.137. The fourth-order valence-electron chi connectivity index (χ4n) is 0.770. The molecule has 0 unspecified atom stereocenters. The molecule has 0 radical (unpaired) electrons. The first kappa shape index (κ1) is 13.2. The highest BCUT2D eigenvalue weighted by atomic mass is 35.5. The van der Waals surface area contributed by atoms with Crippen LogP contribution < -0.4 is 0 Å². The molecule has 1 rings (SSSR count). The summed E-state index contributed by atoms with van der Waals surface area (Å²) in [5.74, 6) is 0. The zero-order valence-electron chi connectivity index (χ0n) is 8.11. The van der Waals surface area contributed by atoms with Crippen molar-refractivity contribution in [3.8, 4) is 0 Å². The van der Waals surface area contributed by atoms with Crippen molar-refractivity contribution >= 4 is 11.6 Å². The maximum Gasteiger partial charge on any atom is 0.433 e. The fourth-order valence-corrected chi connectivity index (χ4v) is 1.03. The van der Waals surface area contributed by atoms with Gasteiger partial charge in [-0.25, -0.2) is 4.98 Å². The van der Waals surface area contributed by atoms with Gasteiger partial charge in [-0.2, -0.15) is 13.2 Å². The third kappa shape index (κ3) is 3.96. The van der Waals surface area contributed by atoms with E-state index in [-0.39, 0.29) is 5.15 Å². The van der Waals surface area contributed by atoms with Crippen LogP contribution in [0.4, 0.5) is 13.2 Å². The van der Waals surface area contributed by atoms with E-state index < -0.39 is 11.9 Å². The van der Waals surface area contributed by atoms with Crippen molar-refractivity contribution in [2.24, 2.45) is 0 Å². The first-order valence-corrected chi connectivity index (χ1v) is 4.49. The van der Waals surface area contributed by atoms with E-state index in [9.17, 15) is 13.2 Å². The third-order valence-corrected chi connectivity index (χ3v) is 1.42. The SMILES string of the molecule is CC.Cc1cc(Cl)nc(C(F)(F)F)c1. The van der Waals surface area contributed by atoms with Crippen LogP contribution in [0.3, 0.4) is 0 Å². The van der Waals surface area contributed by atoms with Crippen LogP contribution in [0.25, 0.3) is 0 Å². The summed E-state index contributed by atoms with van der Waals surface area (Å²) < 4.78 is 36.1. The second-order valence-corrected chi connectivity index (χ2v) is 2.74. The van der Waals surface area contributed by atoms with Crippen LogP contribution in [0.1, 0.15) is 25.1 Å². The molecule has 0 N–H and O–H groups in total. The van der Waals surface area contributed by atoms with Gasteiger partial charge in [0.15, 0.2) is 0 Å². The molecule has 80 valence electrons. The van der Waals surface area contributed by atoms with Gasteiger partial charge in [-0.3, -0.25) is 0 Å². The molecule has 0 fully saturated rings. The first-order chi connectivity index (χ1) is 6.39. The van der Waals surface area contributed by atoms with E-state index in [1.54, 1.807) is 0 Å². The number of rotatable bonds is 0. The number of pyridine rings is 1. The highest BCUT2D eigenvalue weighted by Crippen LogP contribution is 2.29. The molecule has 0 aliphatic rings. The average Bonchev–Trinajstić information content (AvgIpc) is 2.04. The summed E-state index contributed by atoms with van der Waals surface area (Å²) >= 11 is 5.35. The van der Waals surface area contributed by atoms with Crippen molar-refractivity contribution in [2.45, 2.75) is 26.9 Å². The Balaban J connectivity index is 0.000000791. The zero-order chi connectivity index (χ0) is 11.4. The number of aromatic nitrogens is 1. The Bertz CT molecular complexity index is 276. The third-order valence-electron chi connectivity index (χ3n) is 1.23. The quantitative estimate of drug-likeness (QED) is 0.606. The Kier molecular flexibility index (Phi) is 4.91. The highest BCUT2D eigenvalue weighted by molar-refractivity contribution is 6.29. The second kappa shape index (κ2) is 5.20. The number of hydrogen-bond acceptors (Lipinski definition) is 1. The van der Waals surface area contributed by atoms with Crippen molar-refractivity contribution in [3.05, 3.63) is 28.5 Å². The number of aryl methyl sites for hydroxylation is 1. The molecule has 14 heavy (non-hydrogen) atoms. The molecule has 1 aromatic heterocycles. The van der Waals surface area contributed by atoms with Crippen LogP contribution in [0, 0.1) is 6.92 Å². The summed E-state index contributed by atoms with van der Waals surface area (Å²) in [5.41, 5.74) is -0.505. The standard InChI is InChI=1S/C7H5ClF3N.C2H6/c1-4-2-5(7(9,10)11)12-6(8)3-4;1-2/h2-3H,1H3;1-2H3. The minimum Gasteiger partial charge on any atom is -0.232 e. The Hall–Kier alpha value is -0.770. The Labute approximate surface area is 85.9 Å². The summed E-state index contributed by atoms with van der Waals surface area (Å²) in [7, 11) is 0. The summed E-state index contributed by atoms with van der Waals surface area (Å²) in [6.07, 6.45) is -4.42. The van der Waals surface area contributed by atoms with E-state index in [4.69, 9.17) is 11.6 Å². The van der Waals surface area contributed by atoms with Gasteiger partial charge >= 0.3 is 6.18 Å². The van der Waals surface area contributed by atoms with Crippen molar-refractivity contribution in [1.82, 2.24) is 4.98 Å². The lowest BCUT2D eigenvalue weighted by Gasteiger charge is -2.06. The van der Waals surface area contributed by atoms with E-state index in [0.717, 1.165) is 6.07 Å². The van der Waals surface area contributed by atoms with Gasteiger partial charge in [0.05, 0.1) is 0 Å². The smallest absolute Gasteiger partial charge is 0.232 e. The monoisotopic (exact) mass is 225 g/mol. The molecule has 0 saturated heterocycles. The van der Waals surface area contributed by atoms with Crippen molar-refractivity contribution in [1.29, 1.82) is 0 Å². The molecule has 0 aromatic carbocycles. The number of alkyl halides is 3. The van der Waals surface area contributed by atoms with Crippen LogP contribution in [-0.2, 0) is 6.18 Å². The van der Waals surface area contributed by atoms with Crippen LogP contribution in [0.15, 0.2) is 12.1 Å². The van der Waals surface area contributed by atoms with Gasteiger partial charge in [0.2, 0.25) is 0 Å². The molecule has 0 saturated carbocycles. The largest absolute Gasteiger partial charge is 0.433 e. The molecule has 0 amide bonds. The Morgan fingerprint density at radius 2 is 1.71 bits per heavy atom. The molecular weight excluding hydrogens is 215 g/mol. The van der Waals surface area contributed by atoms with E-state index in [1.807, 2.05) is 13.8 Å². The van der Waals surface area contributed by atoms with Crippen molar-refractivity contribution < 1.29 is 13.2 Å². The topological polar surface area (TPSA) is 12.9 Å². The summed E-state index contributed by atoms with van der Waals surface area (Å²) in [4.78, 5) is 3.15. The molecule has 0 aliphatic heterocycles. The van der Waals surface area contributed by atoms with Crippen molar-refractivity contribution in [3.63, 3.8) is 0 Å². The number of nitrogens with zero attached hydrogens (tertiary/aromatic N) is 1. The predicted molar refractivity (Wildman–Crippen MR) is 50.3 cm³/mol. The minimum atomic E-state index is -4.42. The van der Waals surface area contributed by atoms with Gasteiger partial charge in [-0.05, 0) is 24.6 Å². The highest BCUT2D eigenvalue weighted by Gasteiger charge is 2.32. The maximum atomic E-state index is 12.0. The lowest BCUT2D eigenvalue weighted by Crippen LogP contribution is -2.08. The fraction of sp³-hybridized carbons (Fsp3) is 0.444. The molecule has 0 atom stereocenters. The maximum absolute atomic E-state index is 12.0. The van der Waals surface area contributed by atoms with Gasteiger partial charge in [-0.1, -0.05) is 25.4 Å². The van der Waals surface area contributed by atoms with Crippen LogP contribution >= 0.6 is 11.6 Å². The average molecular weight is 226 g/mol. The predicted octanol–water partition coefficient (Wildman–Crippen LogP) is 4.09. The molecule has 0 spiro atoms. The summed E-state index contributed by atoms with van der Waals surface area (Å²) in [6, 6.07) is 2.32. The van der Waals surface area contributed by atoms with Crippen molar-refractivity contribution in [2.75, 3.05) is 0 Å². The lowest BCUT2D eigenvalue weighted by molar-refractivity contribution is -0.141. The Morgan fingerprint density at radius 3 is 2.07 bits per heavy atom. The first-order valence-electron chi connectivity index (χ1n) is 4.11. The van der Waals surface area contributed by atoms with E-state index in [2.05, 4.69) is 4.98 Å². The molecule has 0 aliphatic carbocycles. The molecule has 1 nitrogen and oxygen atoms in total.